The van der Waals surface area contributed by atoms with Crippen LogP contribution in [0.25, 0.3) is 0 Å². The maximum atomic E-state index is 11.5. The zero-order chi connectivity index (χ0) is 14.3. The van der Waals surface area contributed by atoms with Crippen LogP contribution in [-0.2, 0) is 11.2 Å². The number of carbonyl (C=O) groups excluding carboxylic acids is 1. The molecular weight excluding hydrogens is 266 g/mol. The van der Waals surface area contributed by atoms with Gasteiger partial charge in [-0.1, -0.05) is 13.8 Å². The number of nitrogens with one attached hydrogen (secondary N) is 2. The van der Waals surface area contributed by atoms with Crippen molar-refractivity contribution in [2.45, 2.75) is 32.7 Å². The lowest BCUT2D eigenvalue weighted by Crippen LogP contribution is -2.31. The van der Waals surface area contributed by atoms with Crippen LogP contribution in [0.3, 0.4) is 0 Å². The van der Waals surface area contributed by atoms with E-state index in [9.17, 15) is 9.59 Å². The standard InChI is InChI=1S/C12H19N3O3S/c1-8(2)13-5-3-10(16)14-6-4-11-15-9(7-19-11)12(17)18/h7-8,13H,3-6H2,1-2H3,(H,14,16)(H,17,18). The van der Waals surface area contributed by atoms with E-state index < -0.39 is 5.97 Å². The maximum absolute atomic E-state index is 11.5. The van der Waals surface area contributed by atoms with Crippen LogP contribution in [0.4, 0.5) is 0 Å². The Morgan fingerprint density at radius 1 is 1.42 bits per heavy atom. The van der Waals surface area contributed by atoms with Crippen molar-refractivity contribution in [3.63, 3.8) is 0 Å². The van der Waals surface area contributed by atoms with Crippen molar-refractivity contribution in [3.8, 4) is 0 Å². The second-order valence-electron chi connectivity index (χ2n) is 4.39. The van der Waals surface area contributed by atoms with Crippen molar-refractivity contribution in [1.29, 1.82) is 0 Å². The van der Waals surface area contributed by atoms with Crippen LogP contribution >= 0.6 is 11.3 Å². The molecule has 0 radical (unpaired) electrons. The largest absolute Gasteiger partial charge is 0.476 e. The van der Waals surface area contributed by atoms with Gasteiger partial charge in [0.25, 0.3) is 0 Å². The molecule has 0 saturated heterocycles. The van der Waals surface area contributed by atoms with Crippen LogP contribution in [-0.4, -0.2) is 41.1 Å². The number of carbonyl (C=O) groups is 2. The Balaban J connectivity index is 2.18. The van der Waals surface area contributed by atoms with Gasteiger partial charge in [0, 0.05) is 37.4 Å². The van der Waals surface area contributed by atoms with Crippen molar-refractivity contribution >= 4 is 23.2 Å². The molecular formula is C12H19N3O3S. The molecule has 7 heteroatoms. The minimum Gasteiger partial charge on any atom is -0.476 e. The second kappa shape index (κ2) is 7.85. The van der Waals surface area contributed by atoms with Crippen LogP contribution in [0.15, 0.2) is 5.38 Å². The zero-order valence-corrected chi connectivity index (χ0v) is 11.9. The number of aromatic nitrogens is 1. The molecule has 0 atom stereocenters. The van der Waals surface area contributed by atoms with Gasteiger partial charge in [0.05, 0.1) is 5.01 Å². The maximum Gasteiger partial charge on any atom is 0.355 e. The predicted molar refractivity (Wildman–Crippen MR) is 73.5 cm³/mol. The molecule has 106 valence electrons. The van der Waals surface area contributed by atoms with Gasteiger partial charge in [-0.25, -0.2) is 9.78 Å². The van der Waals surface area contributed by atoms with Gasteiger partial charge in [-0.15, -0.1) is 11.3 Å². The summed E-state index contributed by atoms with van der Waals surface area (Å²) in [6.07, 6.45) is 0.998. The molecule has 6 nitrogen and oxygen atoms in total. The van der Waals surface area contributed by atoms with E-state index in [-0.39, 0.29) is 11.6 Å². The summed E-state index contributed by atoms with van der Waals surface area (Å²) in [6, 6.07) is 0.373. The molecule has 1 aromatic heterocycles. The Kier molecular flexibility index (Phi) is 6.44. The van der Waals surface area contributed by atoms with Crippen LogP contribution in [0.1, 0.15) is 35.8 Å². The molecule has 0 aliphatic rings. The van der Waals surface area contributed by atoms with Gasteiger partial charge in [-0.2, -0.15) is 0 Å². The molecule has 0 fully saturated rings. The summed E-state index contributed by atoms with van der Waals surface area (Å²) in [5, 5.41) is 16.9. The lowest BCUT2D eigenvalue weighted by molar-refractivity contribution is -0.120. The van der Waals surface area contributed by atoms with Gasteiger partial charge in [-0.3, -0.25) is 4.79 Å². The number of rotatable bonds is 8. The molecule has 1 amide bonds. The molecule has 0 saturated carbocycles. The minimum atomic E-state index is -1.02. The van der Waals surface area contributed by atoms with Gasteiger partial charge in [0.2, 0.25) is 5.91 Å². The first-order valence-electron chi connectivity index (χ1n) is 6.17. The van der Waals surface area contributed by atoms with E-state index in [0.29, 0.717) is 32.0 Å². The Labute approximate surface area is 116 Å². The van der Waals surface area contributed by atoms with Gasteiger partial charge in [0.1, 0.15) is 0 Å². The Hall–Kier alpha value is -1.47. The quantitative estimate of drug-likeness (QED) is 0.660. The molecule has 0 aromatic carbocycles. The fourth-order valence-electron chi connectivity index (χ4n) is 1.40. The summed E-state index contributed by atoms with van der Waals surface area (Å²) in [4.78, 5) is 26.1. The summed E-state index contributed by atoms with van der Waals surface area (Å²) in [6.45, 7) is 5.19. The predicted octanol–water partition coefficient (Wildman–Crippen LogP) is 0.888. The Morgan fingerprint density at radius 2 is 2.16 bits per heavy atom. The van der Waals surface area contributed by atoms with Crippen molar-refractivity contribution in [1.82, 2.24) is 15.6 Å². The number of hydrogen-bond acceptors (Lipinski definition) is 5. The lowest BCUT2D eigenvalue weighted by atomic mass is 10.3. The smallest absolute Gasteiger partial charge is 0.355 e. The second-order valence-corrected chi connectivity index (χ2v) is 5.33. The molecule has 0 aliphatic carbocycles. The average Bonchev–Trinajstić information content (AvgIpc) is 2.77. The topological polar surface area (TPSA) is 91.3 Å². The normalized spacial score (nSPS) is 10.7. The third-order valence-electron chi connectivity index (χ3n) is 2.34. The Bertz CT molecular complexity index is 432. The fourth-order valence-corrected chi connectivity index (χ4v) is 2.17. The van der Waals surface area contributed by atoms with Crippen molar-refractivity contribution in [2.24, 2.45) is 0 Å². The van der Waals surface area contributed by atoms with Gasteiger partial charge < -0.3 is 15.7 Å². The lowest BCUT2D eigenvalue weighted by Gasteiger charge is -2.07. The molecule has 1 aromatic rings. The van der Waals surface area contributed by atoms with Gasteiger partial charge in [-0.05, 0) is 0 Å². The molecule has 0 bridgehead atoms. The van der Waals surface area contributed by atoms with E-state index >= 15 is 0 Å². The first-order chi connectivity index (χ1) is 8.99. The van der Waals surface area contributed by atoms with E-state index in [0.717, 1.165) is 5.01 Å². The third kappa shape index (κ3) is 6.30. The SMILES string of the molecule is CC(C)NCCC(=O)NCCc1nc(C(=O)O)cs1. The first kappa shape index (κ1) is 15.6. The van der Waals surface area contributed by atoms with Crippen molar-refractivity contribution in [2.75, 3.05) is 13.1 Å². The molecule has 0 spiro atoms. The van der Waals surface area contributed by atoms with Crippen molar-refractivity contribution < 1.29 is 14.7 Å². The first-order valence-corrected chi connectivity index (χ1v) is 7.04. The molecule has 1 rings (SSSR count). The average molecular weight is 285 g/mol. The molecule has 3 N–H and O–H groups in total. The summed E-state index contributed by atoms with van der Waals surface area (Å²) in [5.41, 5.74) is 0.0625. The zero-order valence-electron chi connectivity index (χ0n) is 11.1. The molecule has 1 heterocycles. The highest BCUT2D eigenvalue weighted by molar-refractivity contribution is 7.09. The van der Waals surface area contributed by atoms with Crippen LogP contribution in [0, 0.1) is 0 Å². The minimum absolute atomic E-state index is 0.0110. The van der Waals surface area contributed by atoms with E-state index in [1.54, 1.807) is 0 Å². The highest BCUT2D eigenvalue weighted by Gasteiger charge is 2.08. The Morgan fingerprint density at radius 3 is 2.74 bits per heavy atom. The van der Waals surface area contributed by atoms with Gasteiger partial charge >= 0.3 is 5.97 Å². The van der Waals surface area contributed by atoms with Crippen LogP contribution in [0.5, 0.6) is 0 Å². The number of carboxylic acid groups (broad SMARTS) is 1. The van der Waals surface area contributed by atoms with Crippen LogP contribution in [0.2, 0.25) is 0 Å². The molecule has 0 aliphatic heterocycles. The number of carboxylic acids is 1. The highest BCUT2D eigenvalue weighted by Crippen LogP contribution is 2.09. The third-order valence-corrected chi connectivity index (χ3v) is 3.25. The summed E-state index contributed by atoms with van der Waals surface area (Å²) >= 11 is 1.30. The van der Waals surface area contributed by atoms with E-state index in [1.807, 2.05) is 13.8 Å². The number of nitrogens with zero attached hydrogens (tertiary/aromatic N) is 1. The van der Waals surface area contributed by atoms with Gasteiger partial charge in [0.15, 0.2) is 5.69 Å². The monoisotopic (exact) mass is 285 g/mol. The van der Waals surface area contributed by atoms with E-state index in [2.05, 4.69) is 15.6 Å². The highest BCUT2D eigenvalue weighted by atomic mass is 32.1. The van der Waals surface area contributed by atoms with E-state index in [1.165, 1.54) is 16.7 Å². The number of aromatic carboxylic acids is 1. The fraction of sp³-hybridized carbons (Fsp3) is 0.583. The number of amides is 1. The van der Waals surface area contributed by atoms with E-state index in [4.69, 9.17) is 5.11 Å². The number of thiazole rings is 1. The number of hydrogen-bond donors (Lipinski definition) is 3. The molecule has 19 heavy (non-hydrogen) atoms. The molecule has 0 unspecified atom stereocenters. The summed E-state index contributed by atoms with van der Waals surface area (Å²) in [7, 11) is 0. The summed E-state index contributed by atoms with van der Waals surface area (Å²) < 4.78 is 0. The summed E-state index contributed by atoms with van der Waals surface area (Å²) in [5.74, 6) is -1.03. The van der Waals surface area contributed by atoms with Crippen LogP contribution < -0.4 is 10.6 Å². The van der Waals surface area contributed by atoms with Crippen molar-refractivity contribution in [3.05, 3.63) is 16.1 Å².